The molecule has 0 spiro atoms. The van der Waals surface area contributed by atoms with Crippen molar-refractivity contribution in [2.75, 3.05) is 6.61 Å². The van der Waals surface area contributed by atoms with Crippen molar-refractivity contribution in [3.63, 3.8) is 0 Å². The van der Waals surface area contributed by atoms with Crippen molar-refractivity contribution in [2.24, 2.45) is 5.90 Å². The van der Waals surface area contributed by atoms with Gasteiger partial charge in [-0.2, -0.15) is 0 Å². The van der Waals surface area contributed by atoms with Crippen molar-refractivity contribution in [1.82, 2.24) is 0 Å². The lowest BCUT2D eigenvalue weighted by molar-refractivity contribution is 0.141. The minimum atomic E-state index is -3.16. The summed E-state index contributed by atoms with van der Waals surface area (Å²) >= 11 is 0. The predicted molar refractivity (Wildman–Crippen MR) is 65.1 cm³/mol. The van der Waals surface area contributed by atoms with Gasteiger partial charge in [0.25, 0.3) is 0 Å². The fourth-order valence-corrected chi connectivity index (χ4v) is 4.13. The Kier molecular flexibility index (Phi) is 3.81. The molecule has 2 N–H and O–H groups in total. The van der Waals surface area contributed by atoms with Gasteiger partial charge in [0.15, 0.2) is 9.84 Å². The van der Waals surface area contributed by atoms with Crippen LogP contribution in [-0.4, -0.2) is 20.3 Å². The second kappa shape index (κ2) is 5.16. The summed E-state index contributed by atoms with van der Waals surface area (Å²) in [4.78, 5) is 4.97. The second-order valence-electron chi connectivity index (χ2n) is 4.33. The molecule has 0 saturated heterocycles. The first-order valence-electron chi connectivity index (χ1n) is 5.79. The van der Waals surface area contributed by atoms with E-state index in [0.29, 0.717) is 17.9 Å². The lowest BCUT2D eigenvalue weighted by atomic mass is 10.00. The summed E-state index contributed by atoms with van der Waals surface area (Å²) < 4.78 is 24.7. The van der Waals surface area contributed by atoms with Gasteiger partial charge in [-0.25, -0.2) is 14.3 Å². The highest BCUT2D eigenvalue weighted by molar-refractivity contribution is 7.92. The molecule has 17 heavy (non-hydrogen) atoms. The first kappa shape index (κ1) is 12.5. The van der Waals surface area contributed by atoms with Gasteiger partial charge in [0.1, 0.15) is 0 Å². The minimum Gasteiger partial charge on any atom is -0.304 e. The quantitative estimate of drug-likeness (QED) is 0.808. The van der Waals surface area contributed by atoms with Crippen LogP contribution in [0.2, 0.25) is 0 Å². The topological polar surface area (TPSA) is 69.4 Å². The number of sulfone groups is 1. The second-order valence-corrected chi connectivity index (χ2v) is 6.52. The Labute approximate surface area is 102 Å². The Morgan fingerprint density at radius 2 is 2.00 bits per heavy atom. The van der Waals surface area contributed by atoms with Crippen LogP contribution in [0.15, 0.2) is 29.2 Å². The van der Waals surface area contributed by atoms with Gasteiger partial charge >= 0.3 is 0 Å². The van der Waals surface area contributed by atoms with Gasteiger partial charge in [0.2, 0.25) is 0 Å². The van der Waals surface area contributed by atoms with Crippen molar-refractivity contribution in [3.8, 4) is 0 Å². The highest BCUT2D eigenvalue weighted by Crippen LogP contribution is 2.32. The van der Waals surface area contributed by atoms with Gasteiger partial charge in [0.05, 0.1) is 16.8 Å². The Morgan fingerprint density at radius 3 is 2.59 bits per heavy atom. The number of hydrogen-bond donors (Lipinski definition) is 1. The van der Waals surface area contributed by atoms with Crippen LogP contribution in [0, 0.1) is 0 Å². The number of hydrogen-bond acceptors (Lipinski definition) is 4. The summed E-state index contributed by atoms with van der Waals surface area (Å²) in [6.07, 6.45) is 3.10. The Bertz CT molecular complexity index is 480. The molecule has 0 atom stereocenters. The molecule has 0 amide bonds. The van der Waals surface area contributed by atoms with E-state index in [1.54, 1.807) is 12.1 Å². The van der Waals surface area contributed by atoms with E-state index in [-0.39, 0.29) is 5.25 Å². The van der Waals surface area contributed by atoms with Gasteiger partial charge in [0, 0.05) is 0 Å². The van der Waals surface area contributed by atoms with E-state index in [4.69, 9.17) is 5.90 Å². The molecule has 94 valence electrons. The molecule has 5 heteroatoms. The molecule has 1 aromatic rings. The number of nitrogens with two attached hydrogens (primary N) is 1. The summed E-state index contributed by atoms with van der Waals surface area (Å²) in [5.41, 5.74) is 0.796. The van der Waals surface area contributed by atoms with Crippen LogP contribution in [0.4, 0.5) is 0 Å². The maximum atomic E-state index is 12.3. The molecule has 0 radical (unpaired) electrons. The van der Waals surface area contributed by atoms with Crippen LogP contribution in [-0.2, 0) is 21.1 Å². The maximum absolute atomic E-state index is 12.3. The van der Waals surface area contributed by atoms with E-state index < -0.39 is 9.84 Å². The molecule has 1 aromatic carbocycles. The smallest absolute Gasteiger partial charge is 0.181 e. The molecule has 1 aliphatic carbocycles. The van der Waals surface area contributed by atoms with E-state index in [1.807, 2.05) is 12.1 Å². The predicted octanol–water partition coefficient (Wildman–Crippen LogP) is 1.45. The van der Waals surface area contributed by atoms with Crippen LogP contribution in [0.1, 0.15) is 24.8 Å². The van der Waals surface area contributed by atoms with Gasteiger partial charge in [-0.05, 0) is 30.9 Å². The molecule has 0 aliphatic heterocycles. The van der Waals surface area contributed by atoms with Gasteiger partial charge in [-0.15, -0.1) is 0 Å². The fraction of sp³-hybridized carbons (Fsp3) is 0.500. The van der Waals surface area contributed by atoms with Crippen LogP contribution >= 0.6 is 0 Å². The van der Waals surface area contributed by atoms with E-state index in [2.05, 4.69) is 4.84 Å². The molecule has 0 heterocycles. The number of rotatable bonds is 5. The van der Waals surface area contributed by atoms with Crippen LogP contribution < -0.4 is 5.90 Å². The molecule has 1 aliphatic rings. The highest BCUT2D eigenvalue weighted by Gasteiger charge is 2.33. The summed E-state index contributed by atoms with van der Waals surface area (Å²) in [6, 6.07) is 7.11. The molecular weight excluding hydrogens is 238 g/mol. The zero-order chi connectivity index (χ0) is 12.3. The Hall–Kier alpha value is -0.910. The Balaban J connectivity index is 2.30. The first-order chi connectivity index (χ1) is 8.16. The first-order valence-corrected chi connectivity index (χ1v) is 7.34. The SMILES string of the molecule is NOCCc1ccccc1S(=O)(=O)C1CCC1. The summed E-state index contributed by atoms with van der Waals surface area (Å²) in [5.74, 6) is 4.98. The van der Waals surface area contributed by atoms with Gasteiger partial charge in [-0.3, -0.25) is 0 Å². The third-order valence-corrected chi connectivity index (χ3v) is 5.62. The summed E-state index contributed by atoms with van der Waals surface area (Å²) in [6.45, 7) is 0.331. The molecule has 1 saturated carbocycles. The van der Waals surface area contributed by atoms with Crippen molar-refractivity contribution < 1.29 is 13.3 Å². The van der Waals surface area contributed by atoms with Crippen LogP contribution in [0.5, 0.6) is 0 Å². The van der Waals surface area contributed by atoms with Crippen LogP contribution in [0.3, 0.4) is 0 Å². The largest absolute Gasteiger partial charge is 0.304 e. The third-order valence-electron chi connectivity index (χ3n) is 3.26. The van der Waals surface area contributed by atoms with E-state index >= 15 is 0 Å². The van der Waals surface area contributed by atoms with Gasteiger partial charge < -0.3 is 4.84 Å². The van der Waals surface area contributed by atoms with Crippen molar-refractivity contribution in [1.29, 1.82) is 0 Å². The van der Waals surface area contributed by atoms with E-state index in [9.17, 15) is 8.42 Å². The zero-order valence-corrected chi connectivity index (χ0v) is 10.4. The third kappa shape index (κ3) is 2.51. The monoisotopic (exact) mass is 255 g/mol. The molecule has 2 rings (SSSR count). The zero-order valence-electron chi connectivity index (χ0n) is 9.63. The van der Waals surface area contributed by atoms with Crippen molar-refractivity contribution in [2.45, 2.75) is 35.8 Å². The van der Waals surface area contributed by atoms with Gasteiger partial charge in [-0.1, -0.05) is 24.6 Å². The molecular formula is C12H17NO3S. The van der Waals surface area contributed by atoms with Crippen LogP contribution in [0.25, 0.3) is 0 Å². The fourth-order valence-electron chi connectivity index (χ4n) is 2.02. The molecule has 1 fully saturated rings. The molecule has 0 aromatic heterocycles. The van der Waals surface area contributed by atoms with E-state index in [0.717, 1.165) is 24.8 Å². The standard InChI is InChI=1S/C12H17NO3S/c13-16-9-8-10-4-1-2-7-12(10)17(14,15)11-5-3-6-11/h1-2,4,7,11H,3,5-6,8-9,13H2. The van der Waals surface area contributed by atoms with E-state index in [1.165, 1.54) is 0 Å². The average Bonchev–Trinajstić information content (AvgIpc) is 2.23. The maximum Gasteiger partial charge on any atom is 0.181 e. The van der Waals surface area contributed by atoms with Crippen molar-refractivity contribution in [3.05, 3.63) is 29.8 Å². The minimum absolute atomic E-state index is 0.192. The summed E-state index contributed by atoms with van der Waals surface area (Å²) in [5, 5.41) is -0.192. The average molecular weight is 255 g/mol. The lowest BCUT2D eigenvalue weighted by Crippen LogP contribution is -2.29. The lowest BCUT2D eigenvalue weighted by Gasteiger charge is -2.26. The Morgan fingerprint density at radius 1 is 1.29 bits per heavy atom. The highest BCUT2D eigenvalue weighted by atomic mass is 32.2. The molecule has 0 bridgehead atoms. The molecule has 0 unspecified atom stereocenters. The van der Waals surface area contributed by atoms with Crippen molar-refractivity contribution >= 4 is 9.84 Å². The normalized spacial score (nSPS) is 16.8. The molecule has 4 nitrogen and oxygen atoms in total. The summed E-state index contributed by atoms with van der Waals surface area (Å²) in [7, 11) is -3.16. The number of benzene rings is 1.